The van der Waals surface area contributed by atoms with E-state index in [-0.39, 0.29) is 24.5 Å². The molecule has 0 bridgehead atoms. The van der Waals surface area contributed by atoms with E-state index in [0.29, 0.717) is 6.54 Å². The van der Waals surface area contributed by atoms with E-state index in [9.17, 15) is 22.8 Å². The molecule has 0 fully saturated rings. The van der Waals surface area contributed by atoms with E-state index in [1.54, 1.807) is 18.0 Å². The minimum absolute atomic E-state index is 0.0321. The van der Waals surface area contributed by atoms with Gasteiger partial charge in [-0.3, -0.25) is 9.69 Å². The summed E-state index contributed by atoms with van der Waals surface area (Å²) in [5.41, 5.74) is 0.169. The normalized spacial score (nSPS) is 11.7. The van der Waals surface area contributed by atoms with Crippen LogP contribution in [-0.4, -0.2) is 81.8 Å². The molecule has 158 valence electrons. The molecule has 1 rings (SSSR count). The molecule has 0 aromatic heterocycles. The highest BCUT2D eigenvalue weighted by Gasteiger charge is 2.41. The van der Waals surface area contributed by atoms with Crippen LogP contribution < -0.4 is 10.1 Å². The number of alkyl halides is 3. The third-order valence-electron chi connectivity index (χ3n) is 3.80. The summed E-state index contributed by atoms with van der Waals surface area (Å²) in [6.45, 7) is 2.89. The number of rotatable bonds is 11. The Morgan fingerprint density at radius 3 is 2.36 bits per heavy atom. The van der Waals surface area contributed by atoms with Crippen molar-refractivity contribution in [2.45, 2.75) is 12.8 Å². The number of benzene rings is 1. The minimum Gasteiger partial charge on any atom is -0.460 e. The standard InChI is InChI=1S/C18H26F3N3O4/c1-22-8-9-23(2)10-11-24(3)12-16(25)27-13-14-6-4-5-7-15(14)28-17(26)18(19,20)21/h4-7,22H,8-13H2,1-3H3. The number of nitrogens with one attached hydrogen (secondary N) is 1. The molecule has 0 amide bonds. The van der Waals surface area contributed by atoms with Crippen LogP contribution in [0, 0.1) is 0 Å². The van der Waals surface area contributed by atoms with E-state index in [0.717, 1.165) is 19.6 Å². The van der Waals surface area contributed by atoms with Crippen LogP contribution in [0.2, 0.25) is 0 Å². The Balaban J connectivity index is 2.47. The van der Waals surface area contributed by atoms with Gasteiger partial charge < -0.3 is 19.7 Å². The maximum absolute atomic E-state index is 12.3. The number of hydrogen-bond acceptors (Lipinski definition) is 7. The zero-order chi connectivity index (χ0) is 21.2. The summed E-state index contributed by atoms with van der Waals surface area (Å²) in [6, 6.07) is 5.59. The largest absolute Gasteiger partial charge is 0.491 e. The number of nitrogens with zero attached hydrogens (tertiary/aromatic N) is 2. The molecule has 0 saturated carbocycles. The van der Waals surface area contributed by atoms with E-state index < -0.39 is 18.1 Å². The minimum atomic E-state index is -5.10. The van der Waals surface area contributed by atoms with Crippen LogP contribution in [0.15, 0.2) is 24.3 Å². The lowest BCUT2D eigenvalue weighted by atomic mass is 10.2. The van der Waals surface area contributed by atoms with Gasteiger partial charge in [0, 0.05) is 31.7 Å². The molecule has 0 aliphatic carbocycles. The van der Waals surface area contributed by atoms with Gasteiger partial charge in [0.25, 0.3) is 0 Å². The van der Waals surface area contributed by atoms with Crippen LogP contribution in [0.5, 0.6) is 5.75 Å². The summed E-state index contributed by atoms with van der Waals surface area (Å²) in [5, 5.41) is 3.05. The Bertz CT molecular complexity index is 641. The zero-order valence-electron chi connectivity index (χ0n) is 16.2. The lowest BCUT2D eigenvalue weighted by Gasteiger charge is -2.21. The second-order valence-corrected chi connectivity index (χ2v) is 6.30. The third-order valence-corrected chi connectivity index (χ3v) is 3.80. The Hall–Kier alpha value is -2.17. The van der Waals surface area contributed by atoms with Gasteiger partial charge >= 0.3 is 18.1 Å². The summed E-state index contributed by atoms with van der Waals surface area (Å²) < 4.78 is 46.5. The molecule has 7 nitrogen and oxygen atoms in total. The number of ether oxygens (including phenoxy) is 2. The number of halogens is 3. The first-order chi connectivity index (χ1) is 13.1. The quantitative estimate of drug-likeness (QED) is 0.439. The van der Waals surface area contributed by atoms with Crippen LogP contribution in [0.3, 0.4) is 0 Å². The van der Waals surface area contributed by atoms with Crippen molar-refractivity contribution in [1.29, 1.82) is 0 Å². The molecule has 10 heteroatoms. The monoisotopic (exact) mass is 405 g/mol. The molecule has 0 heterocycles. The van der Waals surface area contributed by atoms with Gasteiger partial charge in [0.15, 0.2) is 0 Å². The number of esters is 2. The van der Waals surface area contributed by atoms with E-state index in [4.69, 9.17) is 4.74 Å². The van der Waals surface area contributed by atoms with Crippen molar-refractivity contribution >= 4 is 11.9 Å². The van der Waals surface area contributed by atoms with Crippen LogP contribution >= 0.6 is 0 Å². The summed E-state index contributed by atoms with van der Waals surface area (Å²) >= 11 is 0. The molecular formula is C18H26F3N3O4. The average Bonchev–Trinajstić information content (AvgIpc) is 2.63. The molecule has 1 aromatic carbocycles. The number of carbonyl (C=O) groups is 2. The molecule has 28 heavy (non-hydrogen) atoms. The fourth-order valence-electron chi connectivity index (χ4n) is 2.14. The van der Waals surface area contributed by atoms with Crippen molar-refractivity contribution in [3.8, 4) is 5.75 Å². The topological polar surface area (TPSA) is 71.1 Å². The van der Waals surface area contributed by atoms with E-state index >= 15 is 0 Å². The molecule has 0 aliphatic rings. The van der Waals surface area contributed by atoms with E-state index in [2.05, 4.69) is 15.0 Å². The summed E-state index contributed by atoms with van der Waals surface area (Å²) in [6.07, 6.45) is -5.10. The average molecular weight is 405 g/mol. The van der Waals surface area contributed by atoms with Gasteiger partial charge in [-0.1, -0.05) is 18.2 Å². The predicted molar refractivity (Wildman–Crippen MR) is 96.8 cm³/mol. The SMILES string of the molecule is CNCCN(C)CCN(C)CC(=O)OCc1ccccc1OC(=O)C(F)(F)F. The molecule has 1 N–H and O–H groups in total. The fourth-order valence-corrected chi connectivity index (χ4v) is 2.14. The molecule has 0 unspecified atom stereocenters. The number of hydrogen-bond donors (Lipinski definition) is 1. The van der Waals surface area contributed by atoms with Gasteiger partial charge in [0.1, 0.15) is 12.4 Å². The van der Waals surface area contributed by atoms with Gasteiger partial charge in [-0.05, 0) is 27.2 Å². The summed E-state index contributed by atoms with van der Waals surface area (Å²) in [7, 11) is 5.62. The van der Waals surface area contributed by atoms with Gasteiger partial charge in [0.05, 0.1) is 6.54 Å². The van der Waals surface area contributed by atoms with E-state index in [1.807, 2.05) is 14.1 Å². The molecule has 1 aromatic rings. The van der Waals surface area contributed by atoms with Crippen molar-refractivity contribution < 1.29 is 32.2 Å². The van der Waals surface area contributed by atoms with Crippen molar-refractivity contribution in [2.24, 2.45) is 0 Å². The van der Waals surface area contributed by atoms with Gasteiger partial charge in [-0.2, -0.15) is 13.2 Å². The van der Waals surface area contributed by atoms with Crippen LogP contribution in [0.1, 0.15) is 5.56 Å². The first-order valence-corrected chi connectivity index (χ1v) is 8.67. The maximum Gasteiger partial charge on any atom is 0.491 e. The smallest absolute Gasteiger partial charge is 0.460 e. The third kappa shape index (κ3) is 9.16. The molecule has 0 spiro atoms. The molecule has 0 radical (unpaired) electrons. The highest BCUT2D eigenvalue weighted by atomic mass is 19.4. The van der Waals surface area contributed by atoms with Crippen molar-refractivity contribution in [3.05, 3.63) is 29.8 Å². The maximum atomic E-state index is 12.3. The zero-order valence-corrected chi connectivity index (χ0v) is 16.2. The number of para-hydroxylation sites is 1. The highest BCUT2D eigenvalue weighted by molar-refractivity contribution is 5.78. The fraction of sp³-hybridized carbons (Fsp3) is 0.556. The Kier molecular flexibility index (Phi) is 9.91. The first kappa shape index (κ1) is 23.9. The second-order valence-electron chi connectivity index (χ2n) is 6.30. The molecular weight excluding hydrogens is 379 g/mol. The second kappa shape index (κ2) is 11.6. The predicted octanol–water partition coefficient (Wildman–Crippen LogP) is 1.28. The lowest BCUT2D eigenvalue weighted by Crippen LogP contribution is -2.36. The first-order valence-electron chi connectivity index (χ1n) is 8.67. The van der Waals surface area contributed by atoms with Gasteiger partial charge in [-0.15, -0.1) is 0 Å². The van der Waals surface area contributed by atoms with Crippen LogP contribution in [0.4, 0.5) is 13.2 Å². The molecule has 0 saturated heterocycles. The van der Waals surface area contributed by atoms with Crippen molar-refractivity contribution in [3.63, 3.8) is 0 Å². The summed E-state index contributed by atoms with van der Waals surface area (Å²) in [4.78, 5) is 26.9. The number of carbonyl (C=O) groups excluding carboxylic acids is 2. The van der Waals surface area contributed by atoms with Crippen molar-refractivity contribution in [1.82, 2.24) is 15.1 Å². The van der Waals surface area contributed by atoms with Gasteiger partial charge in [-0.25, -0.2) is 4.79 Å². The van der Waals surface area contributed by atoms with Crippen LogP contribution in [-0.2, 0) is 20.9 Å². The lowest BCUT2D eigenvalue weighted by molar-refractivity contribution is -0.189. The van der Waals surface area contributed by atoms with Crippen LogP contribution in [0.25, 0.3) is 0 Å². The highest BCUT2D eigenvalue weighted by Crippen LogP contribution is 2.23. The Labute approximate surface area is 162 Å². The Morgan fingerprint density at radius 2 is 1.71 bits per heavy atom. The van der Waals surface area contributed by atoms with Crippen molar-refractivity contribution in [2.75, 3.05) is 53.9 Å². The van der Waals surface area contributed by atoms with Gasteiger partial charge in [0.2, 0.25) is 0 Å². The van der Waals surface area contributed by atoms with E-state index in [1.165, 1.54) is 18.2 Å². The molecule has 0 aliphatic heterocycles. The molecule has 0 atom stereocenters. The summed E-state index contributed by atoms with van der Waals surface area (Å²) in [5.74, 6) is -3.15. The Morgan fingerprint density at radius 1 is 1.07 bits per heavy atom. The number of likely N-dealkylation sites (N-methyl/N-ethyl adjacent to an activating group) is 3.